The molecule has 5 rings (SSSR count). The number of pyridine rings is 1. The summed E-state index contributed by atoms with van der Waals surface area (Å²) in [6.07, 6.45) is 6.52. The lowest BCUT2D eigenvalue weighted by molar-refractivity contribution is 0.744. The zero-order valence-electron chi connectivity index (χ0n) is 20.3. The summed E-state index contributed by atoms with van der Waals surface area (Å²) in [5.74, 6) is 0.418. The van der Waals surface area contributed by atoms with Crippen molar-refractivity contribution in [1.82, 2.24) is 4.98 Å². The summed E-state index contributed by atoms with van der Waals surface area (Å²) >= 11 is 0. The summed E-state index contributed by atoms with van der Waals surface area (Å²) in [4.78, 5) is 9.46. The molecule has 0 bridgehead atoms. The zero-order valence-corrected chi connectivity index (χ0v) is 20.3. The van der Waals surface area contributed by atoms with E-state index in [1.54, 1.807) is 0 Å². The van der Waals surface area contributed by atoms with Crippen LogP contribution in [0.2, 0.25) is 0 Å². The number of para-hydroxylation sites is 1. The Balaban J connectivity index is 1.61. The molecule has 0 unspecified atom stereocenters. The molecule has 0 N–H and O–H groups in total. The standard InChI is InChI=1S/C31H31N3/c1-22(2)29-20-23(3)30(21-32-29)33-18-19-34(24(33)4)31-27(25-12-7-5-8-13-25)16-11-17-28(31)26-14-9-6-10-15-26/h5-22,24H,1-4H3/t24-/m0/s1. The monoisotopic (exact) mass is 445 g/mol. The number of aryl methyl sites for hydroxylation is 1. The molecule has 0 aliphatic carbocycles. The Morgan fingerprint density at radius 3 is 1.82 bits per heavy atom. The SMILES string of the molecule is Cc1cc(C(C)C)ncc1N1C=CN(c2c(-c3ccccc3)cccc2-c2ccccc2)[C@H]1C. The minimum absolute atomic E-state index is 0.109. The van der Waals surface area contributed by atoms with Crippen molar-refractivity contribution < 1.29 is 0 Å². The van der Waals surface area contributed by atoms with Gasteiger partial charge >= 0.3 is 0 Å². The van der Waals surface area contributed by atoms with Crippen molar-refractivity contribution in [3.05, 3.63) is 115 Å². The quantitative estimate of drug-likeness (QED) is 0.310. The third-order valence-corrected chi connectivity index (χ3v) is 6.63. The number of nitrogens with zero attached hydrogens (tertiary/aromatic N) is 3. The maximum atomic E-state index is 4.75. The van der Waals surface area contributed by atoms with Crippen molar-refractivity contribution in [2.75, 3.05) is 9.80 Å². The van der Waals surface area contributed by atoms with Crippen LogP contribution in [0.25, 0.3) is 22.3 Å². The van der Waals surface area contributed by atoms with Crippen molar-refractivity contribution >= 4 is 11.4 Å². The Labute approximate surface area is 203 Å². The van der Waals surface area contributed by atoms with E-state index in [1.165, 1.54) is 33.5 Å². The molecule has 34 heavy (non-hydrogen) atoms. The van der Waals surface area contributed by atoms with E-state index in [0.717, 1.165) is 11.4 Å². The molecule has 0 amide bonds. The Morgan fingerprint density at radius 1 is 0.735 bits per heavy atom. The second-order valence-corrected chi connectivity index (χ2v) is 9.23. The fourth-order valence-corrected chi connectivity index (χ4v) is 4.75. The molecule has 3 nitrogen and oxygen atoms in total. The third-order valence-electron chi connectivity index (χ3n) is 6.63. The van der Waals surface area contributed by atoms with Crippen LogP contribution in [0.1, 0.15) is 37.9 Å². The maximum Gasteiger partial charge on any atom is 0.107 e. The first kappa shape index (κ1) is 22.0. The molecule has 0 saturated heterocycles. The van der Waals surface area contributed by atoms with Crippen molar-refractivity contribution in [3.63, 3.8) is 0 Å². The lowest BCUT2D eigenvalue weighted by atomic mass is 9.95. The van der Waals surface area contributed by atoms with Crippen LogP contribution in [-0.4, -0.2) is 11.1 Å². The molecule has 0 radical (unpaired) electrons. The molecular weight excluding hydrogens is 414 g/mol. The van der Waals surface area contributed by atoms with Gasteiger partial charge in [0.2, 0.25) is 0 Å². The normalized spacial score (nSPS) is 15.4. The highest BCUT2D eigenvalue weighted by atomic mass is 15.4. The highest BCUT2D eigenvalue weighted by Crippen LogP contribution is 2.43. The molecule has 4 aromatic rings. The largest absolute Gasteiger partial charge is 0.324 e. The van der Waals surface area contributed by atoms with E-state index in [2.05, 4.69) is 135 Å². The molecule has 3 heteroatoms. The van der Waals surface area contributed by atoms with Crippen LogP contribution < -0.4 is 9.80 Å². The number of hydrogen-bond donors (Lipinski definition) is 0. The fraction of sp³-hybridized carbons (Fsp3) is 0.194. The molecule has 1 aliphatic heterocycles. The summed E-state index contributed by atoms with van der Waals surface area (Å²) in [6.45, 7) is 8.81. The highest BCUT2D eigenvalue weighted by Gasteiger charge is 2.29. The van der Waals surface area contributed by atoms with E-state index in [1.807, 2.05) is 6.20 Å². The second-order valence-electron chi connectivity index (χ2n) is 9.23. The molecule has 3 aromatic carbocycles. The van der Waals surface area contributed by atoms with Crippen molar-refractivity contribution in [2.45, 2.75) is 39.8 Å². The van der Waals surface area contributed by atoms with Crippen LogP contribution in [0.15, 0.2) is 104 Å². The van der Waals surface area contributed by atoms with Gasteiger partial charge in [-0.2, -0.15) is 0 Å². The average Bonchev–Trinajstić information content (AvgIpc) is 3.25. The summed E-state index contributed by atoms with van der Waals surface area (Å²) in [5.41, 5.74) is 9.63. The van der Waals surface area contributed by atoms with Crippen molar-refractivity contribution in [1.29, 1.82) is 0 Å². The Hall–Kier alpha value is -3.85. The zero-order chi connectivity index (χ0) is 23.7. The first-order chi connectivity index (χ1) is 16.5. The van der Waals surface area contributed by atoms with E-state index in [0.29, 0.717) is 5.92 Å². The van der Waals surface area contributed by atoms with Crippen LogP contribution >= 0.6 is 0 Å². The summed E-state index contributed by atoms with van der Waals surface area (Å²) in [7, 11) is 0. The van der Waals surface area contributed by atoms with Crippen molar-refractivity contribution in [2.24, 2.45) is 0 Å². The van der Waals surface area contributed by atoms with Crippen LogP contribution in [-0.2, 0) is 0 Å². The smallest absolute Gasteiger partial charge is 0.107 e. The first-order valence-corrected chi connectivity index (χ1v) is 12.0. The van der Waals surface area contributed by atoms with Gasteiger partial charge in [0.05, 0.1) is 17.6 Å². The lowest BCUT2D eigenvalue weighted by Crippen LogP contribution is -2.36. The van der Waals surface area contributed by atoms with E-state index >= 15 is 0 Å². The predicted octanol–water partition coefficient (Wildman–Crippen LogP) is 7.99. The average molecular weight is 446 g/mol. The molecule has 0 fully saturated rings. The summed E-state index contributed by atoms with van der Waals surface area (Å²) < 4.78 is 0. The second kappa shape index (κ2) is 9.18. The van der Waals surface area contributed by atoms with Gasteiger partial charge in [-0.1, -0.05) is 92.7 Å². The Morgan fingerprint density at radius 2 is 1.29 bits per heavy atom. The predicted molar refractivity (Wildman–Crippen MR) is 144 cm³/mol. The van der Waals surface area contributed by atoms with E-state index in [-0.39, 0.29) is 6.17 Å². The van der Waals surface area contributed by atoms with Gasteiger partial charge in [0, 0.05) is 29.2 Å². The van der Waals surface area contributed by atoms with Crippen LogP contribution in [0, 0.1) is 6.92 Å². The molecule has 1 aromatic heterocycles. The summed E-state index contributed by atoms with van der Waals surface area (Å²) in [5, 5.41) is 0. The van der Waals surface area contributed by atoms with E-state index < -0.39 is 0 Å². The third kappa shape index (κ3) is 3.99. The number of hydrogen-bond acceptors (Lipinski definition) is 3. The van der Waals surface area contributed by atoms with Gasteiger partial charge in [-0.15, -0.1) is 0 Å². The molecule has 170 valence electrons. The van der Waals surface area contributed by atoms with Gasteiger partial charge in [-0.3, -0.25) is 4.98 Å². The van der Waals surface area contributed by atoms with Crippen LogP contribution in [0.3, 0.4) is 0 Å². The minimum atomic E-state index is 0.109. The molecule has 0 spiro atoms. The Kier molecular flexibility index (Phi) is 5.93. The van der Waals surface area contributed by atoms with Crippen LogP contribution in [0.5, 0.6) is 0 Å². The molecular formula is C31H31N3. The van der Waals surface area contributed by atoms with E-state index in [4.69, 9.17) is 4.98 Å². The van der Waals surface area contributed by atoms with Gasteiger partial charge in [0.15, 0.2) is 0 Å². The Bertz CT molecular complexity index is 1250. The lowest BCUT2D eigenvalue weighted by Gasteiger charge is -2.33. The van der Waals surface area contributed by atoms with Crippen LogP contribution in [0.4, 0.5) is 11.4 Å². The van der Waals surface area contributed by atoms with Gasteiger partial charge in [0.1, 0.15) is 6.17 Å². The molecule has 1 atom stereocenters. The summed E-state index contributed by atoms with van der Waals surface area (Å²) in [6, 6.07) is 30.2. The minimum Gasteiger partial charge on any atom is -0.324 e. The van der Waals surface area contributed by atoms with Gasteiger partial charge < -0.3 is 9.80 Å². The van der Waals surface area contributed by atoms with Gasteiger partial charge in [0.25, 0.3) is 0 Å². The number of benzene rings is 3. The molecule has 2 heterocycles. The van der Waals surface area contributed by atoms with Gasteiger partial charge in [-0.05, 0) is 42.5 Å². The van der Waals surface area contributed by atoms with E-state index in [9.17, 15) is 0 Å². The highest BCUT2D eigenvalue weighted by molar-refractivity contribution is 5.92. The fourth-order valence-electron chi connectivity index (χ4n) is 4.75. The maximum absolute atomic E-state index is 4.75. The van der Waals surface area contributed by atoms with Gasteiger partial charge in [-0.25, -0.2) is 0 Å². The number of aromatic nitrogens is 1. The molecule has 0 saturated carbocycles. The number of rotatable bonds is 5. The van der Waals surface area contributed by atoms with Crippen molar-refractivity contribution in [3.8, 4) is 22.3 Å². The topological polar surface area (TPSA) is 19.4 Å². The first-order valence-electron chi connectivity index (χ1n) is 12.0. The molecule has 1 aliphatic rings. The number of anilines is 2.